The molecule has 324 valence electrons. The van der Waals surface area contributed by atoms with Gasteiger partial charge in [0.1, 0.15) is 0 Å². The molecule has 2 saturated carbocycles. The van der Waals surface area contributed by atoms with Crippen molar-refractivity contribution < 1.29 is 0 Å². The highest BCUT2D eigenvalue weighted by Gasteiger charge is 2.36. The minimum atomic E-state index is 0.423. The average molecular weight is 883 g/mol. The van der Waals surface area contributed by atoms with E-state index in [9.17, 15) is 0 Å². The molecule has 4 nitrogen and oxygen atoms in total. The Bertz CT molecular complexity index is 3630. The summed E-state index contributed by atoms with van der Waals surface area (Å²) in [6, 6.07) is 68.2. The highest BCUT2D eigenvalue weighted by atomic mass is 32.1. The summed E-state index contributed by atoms with van der Waals surface area (Å²) in [4.78, 5) is 16.1. The van der Waals surface area contributed by atoms with Crippen LogP contribution in [0.1, 0.15) is 56.9 Å². The first kappa shape index (κ1) is 40.1. The maximum absolute atomic E-state index is 5.45. The zero-order valence-corrected chi connectivity index (χ0v) is 38.4. The number of rotatable bonds is 8. The maximum atomic E-state index is 5.45. The van der Waals surface area contributed by atoms with E-state index < -0.39 is 0 Å². The highest BCUT2D eigenvalue weighted by Crippen LogP contribution is 2.49. The minimum absolute atomic E-state index is 0.423. The SMILES string of the molecule is c1ccc(-c2ccc(-c3nc(-c4ccccc4)nc(-c4cccc(-c5cccc6c5sc5ccccc56)c4)n3)c(-n3c4ccccc4c4cc(CC56CCCC(CCC5)CC6)ccc43)c2)cc1. The first-order valence-electron chi connectivity index (χ1n) is 24.2. The van der Waals surface area contributed by atoms with E-state index in [1.807, 2.05) is 17.4 Å². The lowest BCUT2D eigenvalue weighted by molar-refractivity contribution is 0.220. The topological polar surface area (TPSA) is 43.6 Å². The van der Waals surface area contributed by atoms with Crippen molar-refractivity contribution in [1.29, 1.82) is 0 Å². The fourth-order valence-corrected chi connectivity index (χ4v) is 13.0. The van der Waals surface area contributed by atoms with E-state index in [0.717, 1.165) is 39.4 Å². The summed E-state index contributed by atoms with van der Waals surface area (Å²) >= 11 is 1.85. The first-order chi connectivity index (χ1) is 33.1. The van der Waals surface area contributed by atoms with Crippen molar-refractivity contribution in [2.45, 2.75) is 57.8 Å². The zero-order chi connectivity index (χ0) is 44.3. The number of thiophene rings is 1. The van der Waals surface area contributed by atoms with Crippen LogP contribution in [0.4, 0.5) is 0 Å². The van der Waals surface area contributed by atoms with Crippen LogP contribution in [0, 0.1) is 11.3 Å². The Morgan fingerprint density at radius 1 is 0.448 bits per heavy atom. The van der Waals surface area contributed by atoms with Crippen LogP contribution in [0.5, 0.6) is 0 Å². The number of hydrogen-bond acceptors (Lipinski definition) is 4. The Morgan fingerprint density at radius 3 is 1.94 bits per heavy atom. The molecule has 0 unspecified atom stereocenters. The van der Waals surface area contributed by atoms with Crippen LogP contribution >= 0.6 is 11.3 Å². The molecule has 3 aromatic heterocycles. The molecule has 2 fully saturated rings. The molecule has 0 N–H and O–H groups in total. The van der Waals surface area contributed by atoms with E-state index in [-0.39, 0.29) is 0 Å². The molecule has 2 aliphatic carbocycles. The standard InChI is InChI=1S/C62H50N4S/c1-3-17-43(18-4-1)45-30-31-52(56(39-45)66-54-27-9-7-23-49(54)53-37-42(29-32-55(53)66)40-62-34-13-15-41(33-36-62)16-14-35-62)61-64-59(44-19-5-2-6-20-44)63-60(65-61)47-22-11-21-46(38-47)48-25-12-26-51-50-24-8-10-28-57(50)67-58(48)51/h1-12,17-32,37-39,41H,13-16,33-36,40H2. The third-order valence-electron chi connectivity index (χ3n) is 15.1. The van der Waals surface area contributed by atoms with Crippen LogP contribution < -0.4 is 0 Å². The van der Waals surface area contributed by atoms with Gasteiger partial charge in [0.2, 0.25) is 0 Å². The van der Waals surface area contributed by atoms with E-state index in [4.69, 9.17) is 15.0 Å². The predicted octanol–water partition coefficient (Wildman–Crippen LogP) is 17.0. The lowest BCUT2D eigenvalue weighted by atomic mass is 9.72. The molecule has 5 heteroatoms. The van der Waals surface area contributed by atoms with Gasteiger partial charge in [0, 0.05) is 47.6 Å². The number of fused-ring (bicyclic) bond motifs is 9. The lowest BCUT2D eigenvalue weighted by Gasteiger charge is -2.33. The molecule has 13 rings (SSSR count). The van der Waals surface area contributed by atoms with E-state index in [1.165, 1.54) is 116 Å². The van der Waals surface area contributed by atoms with Crippen LogP contribution in [0.15, 0.2) is 188 Å². The summed E-state index contributed by atoms with van der Waals surface area (Å²) in [6.45, 7) is 0. The molecule has 0 amide bonds. The maximum Gasteiger partial charge on any atom is 0.166 e. The zero-order valence-electron chi connectivity index (χ0n) is 37.5. The Morgan fingerprint density at radius 2 is 1.10 bits per heavy atom. The van der Waals surface area contributed by atoms with Gasteiger partial charge in [-0.15, -0.1) is 11.3 Å². The number of hydrogen-bond donors (Lipinski definition) is 0. The van der Waals surface area contributed by atoms with Gasteiger partial charge in [-0.3, -0.25) is 0 Å². The smallest absolute Gasteiger partial charge is 0.166 e. The van der Waals surface area contributed by atoms with Crippen LogP contribution in [0.3, 0.4) is 0 Å². The molecule has 3 heterocycles. The first-order valence-corrected chi connectivity index (χ1v) is 25.0. The van der Waals surface area contributed by atoms with Gasteiger partial charge >= 0.3 is 0 Å². The van der Waals surface area contributed by atoms with Crippen molar-refractivity contribution >= 4 is 53.3 Å². The third-order valence-corrected chi connectivity index (χ3v) is 16.3. The average Bonchev–Trinajstić information content (AvgIpc) is 3.76. The predicted molar refractivity (Wildman–Crippen MR) is 281 cm³/mol. The van der Waals surface area contributed by atoms with Crippen LogP contribution in [-0.4, -0.2) is 19.5 Å². The molecule has 0 saturated heterocycles. The quantitative estimate of drug-likeness (QED) is 0.153. The lowest BCUT2D eigenvalue weighted by Crippen LogP contribution is -2.22. The van der Waals surface area contributed by atoms with Crippen molar-refractivity contribution in [2.75, 3.05) is 0 Å². The molecule has 0 radical (unpaired) electrons. The number of benzene rings is 8. The minimum Gasteiger partial charge on any atom is -0.308 e. The van der Waals surface area contributed by atoms with E-state index >= 15 is 0 Å². The van der Waals surface area contributed by atoms with Crippen molar-refractivity contribution in [3.05, 3.63) is 194 Å². The van der Waals surface area contributed by atoms with Gasteiger partial charge in [-0.25, -0.2) is 15.0 Å². The molecule has 11 aromatic rings. The van der Waals surface area contributed by atoms with E-state index in [2.05, 4.69) is 187 Å². The van der Waals surface area contributed by atoms with Gasteiger partial charge in [0.25, 0.3) is 0 Å². The monoisotopic (exact) mass is 882 g/mol. The van der Waals surface area contributed by atoms with Gasteiger partial charge in [-0.2, -0.15) is 0 Å². The Labute approximate surface area is 395 Å². The second-order valence-electron chi connectivity index (χ2n) is 19.2. The molecule has 8 aromatic carbocycles. The largest absolute Gasteiger partial charge is 0.308 e. The van der Waals surface area contributed by atoms with Crippen LogP contribution in [0.25, 0.3) is 104 Å². The van der Waals surface area contributed by atoms with Crippen LogP contribution in [0.2, 0.25) is 0 Å². The molecule has 2 bridgehead atoms. The number of aromatic nitrogens is 4. The Kier molecular flexibility index (Phi) is 9.93. The normalized spacial score (nSPS) is 17.3. The molecule has 0 aliphatic heterocycles. The van der Waals surface area contributed by atoms with E-state index in [0.29, 0.717) is 22.9 Å². The van der Waals surface area contributed by atoms with Gasteiger partial charge in [0.15, 0.2) is 17.5 Å². The van der Waals surface area contributed by atoms with E-state index in [1.54, 1.807) is 0 Å². The number of nitrogens with zero attached hydrogens (tertiary/aromatic N) is 4. The molecular weight excluding hydrogens is 833 g/mol. The highest BCUT2D eigenvalue weighted by molar-refractivity contribution is 7.26. The molecule has 0 atom stereocenters. The molecular formula is C62H50N4S. The summed E-state index contributed by atoms with van der Waals surface area (Å²) in [5.74, 6) is 2.86. The fraction of sp³-hybridized carbons (Fsp3) is 0.177. The van der Waals surface area contributed by atoms with Crippen molar-refractivity contribution in [1.82, 2.24) is 19.5 Å². The van der Waals surface area contributed by atoms with Crippen LogP contribution in [-0.2, 0) is 6.42 Å². The fourth-order valence-electron chi connectivity index (χ4n) is 11.8. The van der Waals surface area contributed by atoms with Crippen molar-refractivity contribution in [3.8, 4) is 62.1 Å². The summed E-state index contributed by atoms with van der Waals surface area (Å²) in [6.07, 6.45) is 12.3. The molecule has 67 heavy (non-hydrogen) atoms. The Balaban J connectivity index is 0.995. The Hall–Kier alpha value is -7.21. The van der Waals surface area contributed by atoms with Gasteiger partial charge < -0.3 is 4.57 Å². The van der Waals surface area contributed by atoms with Crippen molar-refractivity contribution in [2.24, 2.45) is 11.3 Å². The second kappa shape index (κ2) is 16.6. The molecule has 0 spiro atoms. The van der Waals surface area contributed by atoms with Gasteiger partial charge in [-0.1, -0.05) is 171 Å². The molecule has 2 aliphatic rings. The second-order valence-corrected chi connectivity index (χ2v) is 20.3. The van der Waals surface area contributed by atoms with Gasteiger partial charge in [0.05, 0.1) is 16.7 Å². The summed E-state index contributed by atoms with van der Waals surface area (Å²) in [7, 11) is 0. The number of para-hydroxylation sites is 1. The summed E-state index contributed by atoms with van der Waals surface area (Å²) < 4.78 is 5.05. The third kappa shape index (κ3) is 7.24. The summed E-state index contributed by atoms with van der Waals surface area (Å²) in [5, 5.41) is 5.14. The summed E-state index contributed by atoms with van der Waals surface area (Å²) in [5.41, 5.74) is 12.8. The van der Waals surface area contributed by atoms with Crippen molar-refractivity contribution in [3.63, 3.8) is 0 Å². The van der Waals surface area contributed by atoms with Gasteiger partial charge in [-0.05, 0) is 114 Å².